The minimum absolute atomic E-state index is 0.486. The van der Waals surface area contributed by atoms with Crippen LogP contribution in [0.5, 0.6) is 0 Å². The van der Waals surface area contributed by atoms with E-state index in [0.29, 0.717) is 5.41 Å². The van der Waals surface area contributed by atoms with Gasteiger partial charge in [-0.2, -0.15) is 0 Å². The Morgan fingerprint density at radius 3 is 2.73 bits per heavy atom. The van der Waals surface area contributed by atoms with Crippen molar-refractivity contribution >= 4 is 5.69 Å². The predicted octanol–water partition coefficient (Wildman–Crippen LogP) is 3.62. The lowest BCUT2D eigenvalue weighted by Gasteiger charge is -2.33. The zero-order valence-electron chi connectivity index (χ0n) is 9.47. The summed E-state index contributed by atoms with van der Waals surface area (Å²) in [6, 6.07) is 6.88. The van der Waals surface area contributed by atoms with Crippen molar-refractivity contribution in [3.05, 3.63) is 29.3 Å². The molecule has 0 amide bonds. The third-order valence-corrected chi connectivity index (χ3v) is 4.17. The Morgan fingerprint density at radius 2 is 1.93 bits per heavy atom. The minimum Gasteiger partial charge on any atom is -0.384 e. The van der Waals surface area contributed by atoms with Gasteiger partial charge >= 0.3 is 0 Å². The molecule has 0 aromatic heterocycles. The molecule has 0 bridgehead atoms. The quantitative estimate of drug-likeness (QED) is 0.676. The van der Waals surface area contributed by atoms with E-state index in [1.807, 2.05) is 0 Å². The van der Waals surface area contributed by atoms with Gasteiger partial charge in [0.15, 0.2) is 0 Å². The number of nitrogens with one attached hydrogen (secondary N) is 1. The first-order chi connectivity index (χ1) is 7.30. The monoisotopic (exact) mass is 201 g/mol. The Morgan fingerprint density at radius 1 is 1.13 bits per heavy atom. The van der Waals surface area contributed by atoms with Crippen molar-refractivity contribution in [3.8, 4) is 0 Å². The molecule has 1 aromatic rings. The molecule has 80 valence electrons. The Kier molecular flexibility index (Phi) is 2.01. The van der Waals surface area contributed by atoms with Gasteiger partial charge in [0.05, 0.1) is 0 Å². The highest BCUT2D eigenvalue weighted by Crippen LogP contribution is 2.46. The summed E-state index contributed by atoms with van der Waals surface area (Å²) >= 11 is 0. The summed E-state index contributed by atoms with van der Waals surface area (Å²) in [6.07, 6.45) is 7.03. The lowest BCUT2D eigenvalue weighted by atomic mass is 9.70. The van der Waals surface area contributed by atoms with Crippen LogP contribution in [0.2, 0.25) is 0 Å². The van der Waals surface area contributed by atoms with Gasteiger partial charge in [-0.15, -0.1) is 0 Å². The van der Waals surface area contributed by atoms with Crippen molar-refractivity contribution in [2.75, 3.05) is 11.9 Å². The van der Waals surface area contributed by atoms with E-state index in [0.717, 1.165) is 0 Å². The smallest absolute Gasteiger partial charge is 0.0379 e. The normalized spacial score (nSPS) is 22.5. The van der Waals surface area contributed by atoms with Gasteiger partial charge in [-0.25, -0.2) is 0 Å². The van der Waals surface area contributed by atoms with E-state index < -0.39 is 0 Å². The Hall–Kier alpha value is -0.980. The van der Waals surface area contributed by atoms with Crippen LogP contribution in [0.4, 0.5) is 5.69 Å². The summed E-state index contributed by atoms with van der Waals surface area (Å²) in [4.78, 5) is 0. The molecule has 1 fully saturated rings. The van der Waals surface area contributed by atoms with Gasteiger partial charge < -0.3 is 5.32 Å². The first-order valence-electron chi connectivity index (χ1n) is 6.15. The molecular formula is C14H19N. The summed E-state index contributed by atoms with van der Waals surface area (Å²) in [5.74, 6) is 0. The summed E-state index contributed by atoms with van der Waals surface area (Å²) < 4.78 is 0. The van der Waals surface area contributed by atoms with Crippen molar-refractivity contribution in [2.24, 2.45) is 0 Å². The summed E-state index contributed by atoms with van der Waals surface area (Å²) in [6.45, 7) is 3.38. The number of benzene rings is 1. The second-order valence-electron chi connectivity index (χ2n) is 5.24. The molecule has 1 aliphatic carbocycles. The molecule has 1 saturated carbocycles. The number of hydrogen-bond acceptors (Lipinski definition) is 1. The molecule has 0 saturated heterocycles. The number of aryl methyl sites for hydroxylation is 1. The van der Waals surface area contributed by atoms with Crippen LogP contribution in [0.25, 0.3) is 0 Å². The molecule has 0 unspecified atom stereocenters. The van der Waals surface area contributed by atoms with Crippen LogP contribution in [0.3, 0.4) is 0 Å². The number of anilines is 1. The molecule has 0 radical (unpaired) electrons. The maximum absolute atomic E-state index is 3.59. The molecule has 15 heavy (non-hydrogen) atoms. The van der Waals surface area contributed by atoms with E-state index in [4.69, 9.17) is 0 Å². The molecule has 1 aromatic carbocycles. The van der Waals surface area contributed by atoms with E-state index in [-0.39, 0.29) is 0 Å². The van der Waals surface area contributed by atoms with E-state index in [9.17, 15) is 0 Å². The Balaban J connectivity index is 2.05. The van der Waals surface area contributed by atoms with Crippen molar-refractivity contribution in [1.82, 2.24) is 0 Å². The SMILES string of the molecule is Cc1ccc2c(c1)C1(CCCCC1)CN2. The highest BCUT2D eigenvalue weighted by atomic mass is 14.9. The first kappa shape index (κ1) is 9.26. The van der Waals surface area contributed by atoms with Gasteiger partial charge in [-0.1, -0.05) is 37.0 Å². The third-order valence-electron chi connectivity index (χ3n) is 4.17. The van der Waals surface area contributed by atoms with Gasteiger partial charge in [0.2, 0.25) is 0 Å². The van der Waals surface area contributed by atoms with Crippen LogP contribution in [0.15, 0.2) is 18.2 Å². The fraction of sp³-hybridized carbons (Fsp3) is 0.571. The molecule has 1 N–H and O–H groups in total. The molecule has 1 aliphatic heterocycles. The maximum Gasteiger partial charge on any atom is 0.0379 e. The van der Waals surface area contributed by atoms with Crippen LogP contribution in [0.1, 0.15) is 43.2 Å². The molecule has 3 rings (SSSR count). The summed E-state index contributed by atoms with van der Waals surface area (Å²) in [5.41, 5.74) is 4.88. The first-order valence-corrected chi connectivity index (χ1v) is 6.15. The standard InChI is InChI=1S/C14H19N/c1-11-5-6-13-12(9-11)14(10-15-13)7-3-2-4-8-14/h5-6,9,15H,2-4,7-8,10H2,1H3. The van der Waals surface area contributed by atoms with Crippen LogP contribution >= 0.6 is 0 Å². The Labute approximate surface area is 91.9 Å². The average Bonchev–Trinajstić information content (AvgIpc) is 2.59. The van der Waals surface area contributed by atoms with E-state index in [1.165, 1.54) is 49.9 Å². The molecular weight excluding hydrogens is 182 g/mol. The molecule has 0 atom stereocenters. The van der Waals surface area contributed by atoms with Crippen LogP contribution in [-0.2, 0) is 5.41 Å². The molecule has 2 aliphatic rings. The van der Waals surface area contributed by atoms with Gasteiger partial charge in [0.25, 0.3) is 0 Å². The summed E-state index contributed by atoms with van der Waals surface area (Å²) in [5, 5.41) is 3.59. The Bertz CT molecular complexity index is 369. The third kappa shape index (κ3) is 1.37. The highest BCUT2D eigenvalue weighted by molar-refractivity contribution is 5.61. The van der Waals surface area contributed by atoms with Crippen LogP contribution in [0, 0.1) is 6.92 Å². The van der Waals surface area contributed by atoms with Crippen molar-refractivity contribution < 1.29 is 0 Å². The van der Waals surface area contributed by atoms with E-state index in [2.05, 4.69) is 30.4 Å². The molecule has 1 spiro atoms. The van der Waals surface area contributed by atoms with E-state index in [1.54, 1.807) is 5.56 Å². The molecule has 1 heteroatoms. The lowest BCUT2D eigenvalue weighted by molar-refractivity contribution is 0.319. The second-order valence-corrected chi connectivity index (χ2v) is 5.24. The van der Waals surface area contributed by atoms with E-state index >= 15 is 0 Å². The minimum atomic E-state index is 0.486. The summed E-state index contributed by atoms with van der Waals surface area (Å²) in [7, 11) is 0. The van der Waals surface area contributed by atoms with Gasteiger partial charge in [-0.05, 0) is 31.4 Å². The number of hydrogen-bond donors (Lipinski definition) is 1. The molecule has 1 nitrogen and oxygen atoms in total. The zero-order valence-corrected chi connectivity index (χ0v) is 9.47. The number of rotatable bonds is 0. The topological polar surface area (TPSA) is 12.0 Å². The van der Waals surface area contributed by atoms with Crippen LogP contribution < -0.4 is 5.32 Å². The fourth-order valence-corrected chi connectivity index (χ4v) is 3.29. The predicted molar refractivity (Wildman–Crippen MR) is 64.4 cm³/mol. The van der Waals surface area contributed by atoms with Gasteiger partial charge in [-0.3, -0.25) is 0 Å². The lowest BCUT2D eigenvalue weighted by Crippen LogP contribution is -2.30. The highest BCUT2D eigenvalue weighted by Gasteiger charge is 2.39. The van der Waals surface area contributed by atoms with Crippen molar-refractivity contribution in [1.29, 1.82) is 0 Å². The van der Waals surface area contributed by atoms with Crippen LogP contribution in [-0.4, -0.2) is 6.54 Å². The fourth-order valence-electron chi connectivity index (χ4n) is 3.29. The molecule has 1 heterocycles. The average molecular weight is 201 g/mol. The number of fused-ring (bicyclic) bond motifs is 2. The second kappa shape index (κ2) is 3.26. The van der Waals surface area contributed by atoms with Gasteiger partial charge in [0.1, 0.15) is 0 Å². The van der Waals surface area contributed by atoms with Crippen molar-refractivity contribution in [2.45, 2.75) is 44.4 Å². The maximum atomic E-state index is 3.59. The zero-order chi connectivity index (χ0) is 10.3. The largest absolute Gasteiger partial charge is 0.384 e. The van der Waals surface area contributed by atoms with Gasteiger partial charge in [0, 0.05) is 17.6 Å². The van der Waals surface area contributed by atoms with Crippen molar-refractivity contribution in [3.63, 3.8) is 0 Å².